The number of fused-ring (bicyclic) bond motifs is 1. The van der Waals surface area contributed by atoms with Crippen LogP contribution >= 0.6 is 0 Å². The lowest BCUT2D eigenvalue weighted by Crippen LogP contribution is -2.25. The minimum atomic E-state index is -0.0938. The molecule has 0 spiro atoms. The zero-order chi connectivity index (χ0) is 9.68. The van der Waals surface area contributed by atoms with Crippen LogP contribution in [0.5, 0.6) is 5.75 Å². The Bertz CT molecular complexity index is 297. The van der Waals surface area contributed by atoms with Crippen molar-refractivity contribution in [2.75, 3.05) is 11.9 Å². The highest BCUT2D eigenvalue weighted by molar-refractivity contribution is 5.95. The molecule has 1 aliphatic heterocycles. The highest BCUT2D eigenvalue weighted by Gasteiger charge is 2.13. The smallest absolute Gasteiger partial charge is 0.262 e. The molecule has 1 heterocycles. The summed E-state index contributed by atoms with van der Waals surface area (Å²) >= 11 is 0. The first kappa shape index (κ1) is 9.58. The molecule has 3 heteroatoms. The molecule has 1 aromatic rings. The highest BCUT2D eigenvalue weighted by Crippen LogP contribution is 2.25. The maximum atomic E-state index is 10.8. The fraction of sp³-hybridized carbons (Fsp3) is 0.300. The Morgan fingerprint density at radius 3 is 2.77 bits per heavy atom. The number of benzene rings is 1. The van der Waals surface area contributed by atoms with E-state index in [0.717, 1.165) is 11.4 Å². The molecule has 1 aliphatic rings. The molecule has 0 atom stereocenters. The molecule has 0 aromatic heterocycles. The number of hydrogen-bond acceptors (Lipinski definition) is 2. The van der Waals surface area contributed by atoms with Gasteiger partial charge in [0.05, 0.1) is 5.69 Å². The first-order chi connectivity index (χ1) is 6.36. The summed E-state index contributed by atoms with van der Waals surface area (Å²) in [4.78, 5) is 10.8. The number of para-hydroxylation sites is 2. The Hall–Kier alpha value is -1.51. The number of hydrogen-bond donors (Lipinski definition) is 1. The van der Waals surface area contributed by atoms with Crippen molar-refractivity contribution >= 4 is 11.6 Å². The van der Waals surface area contributed by atoms with Gasteiger partial charge in [0.15, 0.2) is 6.61 Å². The van der Waals surface area contributed by atoms with Crippen LogP contribution < -0.4 is 10.1 Å². The second kappa shape index (κ2) is 4.50. The lowest BCUT2D eigenvalue weighted by molar-refractivity contribution is -0.118. The third-order valence-corrected chi connectivity index (χ3v) is 1.52. The topological polar surface area (TPSA) is 38.3 Å². The van der Waals surface area contributed by atoms with Gasteiger partial charge in [-0.2, -0.15) is 0 Å². The Labute approximate surface area is 77.7 Å². The van der Waals surface area contributed by atoms with Crippen LogP contribution in [0.2, 0.25) is 0 Å². The molecule has 0 aliphatic carbocycles. The highest BCUT2D eigenvalue weighted by atomic mass is 16.5. The number of ether oxygens (including phenoxy) is 1. The quantitative estimate of drug-likeness (QED) is 0.661. The van der Waals surface area contributed by atoms with E-state index in [-0.39, 0.29) is 12.5 Å². The Balaban J connectivity index is 0.000000396. The van der Waals surface area contributed by atoms with E-state index in [9.17, 15) is 4.79 Å². The van der Waals surface area contributed by atoms with Gasteiger partial charge in [-0.05, 0) is 12.1 Å². The molecule has 0 radical (unpaired) electrons. The fourth-order valence-corrected chi connectivity index (χ4v) is 1.03. The Morgan fingerprint density at radius 1 is 1.31 bits per heavy atom. The summed E-state index contributed by atoms with van der Waals surface area (Å²) in [5, 5.41) is 2.70. The van der Waals surface area contributed by atoms with E-state index in [0.29, 0.717) is 0 Å². The van der Waals surface area contributed by atoms with Crippen LogP contribution in [-0.4, -0.2) is 12.5 Å². The Kier molecular flexibility index (Phi) is 3.31. The van der Waals surface area contributed by atoms with Gasteiger partial charge in [0.1, 0.15) is 5.75 Å². The molecule has 0 bridgehead atoms. The zero-order valence-electron chi connectivity index (χ0n) is 7.83. The van der Waals surface area contributed by atoms with Crippen LogP contribution in [-0.2, 0) is 4.79 Å². The largest absolute Gasteiger partial charge is 0.482 e. The molecular weight excluding hydrogens is 166 g/mol. The maximum absolute atomic E-state index is 10.8. The minimum absolute atomic E-state index is 0.0938. The first-order valence-corrected chi connectivity index (χ1v) is 4.38. The van der Waals surface area contributed by atoms with E-state index >= 15 is 0 Å². The molecule has 0 saturated carbocycles. The van der Waals surface area contributed by atoms with Gasteiger partial charge >= 0.3 is 0 Å². The number of rotatable bonds is 0. The summed E-state index contributed by atoms with van der Waals surface area (Å²) < 4.78 is 5.12. The van der Waals surface area contributed by atoms with E-state index in [2.05, 4.69) is 5.32 Å². The number of carbonyl (C=O) groups is 1. The van der Waals surface area contributed by atoms with Crippen LogP contribution in [0, 0.1) is 0 Å². The van der Waals surface area contributed by atoms with E-state index in [1.807, 2.05) is 38.1 Å². The number of anilines is 1. The van der Waals surface area contributed by atoms with Crippen LogP contribution in [0.15, 0.2) is 24.3 Å². The van der Waals surface area contributed by atoms with Crippen molar-refractivity contribution in [3.63, 3.8) is 0 Å². The summed E-state index contributed by atoms with van der Waals surface area (Å²) in [6.45, 7) is 4.12. The van der Waals surface area contributed by atoms with E-state index in [4.69, 9.17) is 4.74 Å². The van der Waals surface area contributed by atoms with E-state index in [1.165, 1.54) is 0 Å². The average molecular weight is 179 g/mol. The second-order valence-electron chi connectivity index (χ2n) is 2.33. The van der Waals surface area contributed by atoms with Crippen molar-refractivity contribution in [1.29, 1.82) is 0 Å². The molecule has 3 nitrogen and oxygen atoms in total. The van der Waals surface area contributed by atoms with Crippen molar-refractivity contribution in [3.8, 4) is 5.75 Å². The van der Waals surface area contributed by atoms with Crippen LogP contribution in [0.1, 0.15) is 13.8 Å². The van der Waals surface area contributed by atoms with Gasteiger partial charge in [-0.3, -0.25) is 4.79 Å². The normalized spacial score (nSPS) is 12.9. The lowest BCUT2D eigenvalue weighted by atomic mass is 10.2. The third kappa shape index (κ3) is 2.21. The fourth-order valence-electron chi connectivity index (χ4n) is 1.03. The van der Waals surface area contributed by atoms with Crippen molar-refractivity contribution in [3.05, 3.63) is 24.3 Å². The number of carbonyl (C=O) groups excluding carboxylic acids is 1. The van der Waals surface area contributed by atoms with E-state index < -0.39 is 0 Å². The molecule has 0 fully saturated rings. The summed E-state index contributed by atoms with van der Waals surface area (Å²) in [6.07, 6.45) is 0. The van der Waals surface area contributed by atoms with Gasteiger partial charge in [-0.1, -0.05) is 26.0 Å². The predicted molar refractivity (Wildman–Crippen MR) is 51.9 cm³/mol. The maximum Gasteiger partial charge on any atom is 0.262 e. The van der Waals surface area contributed by atoms with Gasteiger partial charge in [0.2, 0.25) is 0 Å². The summed E-state index contributed by atoms with van der Waals surface area (Å²) in [5.74, 6) is 0.649. The van der Waals surface area contributed by atoms with Crippen LogP contribution in [0.3, 0.4) is 0 Å². The predicted octanol–water partition coefficient (Wildman–Crippen LogP) is 2.04. The van der Waals surface area contributed by atoms with E-state index in [1.54, 1.807) is 0 Å². The van der Waals surface area contributed by atoms with Gasteiger partial charge < -0.3 is 10.1 Å². The monoisotopic (exact) mass is 179 g/mol. The SMILES string of the molecule is CC.O=C1COc2ccccc2N1. The second-order valence-corrected chi connectivity index (χ2v) is 2.33. The van der Waals surface area contributed by atoms with Gasteiger partial charge in [-0.25, -0.2) is 0 Å². The third-order valence-electron chi connectivity index (χ3n) is 1.52. The number of amides is 1. The first-order valence-electron chi connectivity index (χ1n) is 4.38. The van der Waals surface area contributed by atoms with Crippen LogP contribution in [0.25, 0.3) is 0 Å². The molecule has 1 aromatic carbocycles. The minimum Gasteiger partial charge on any atom is -0.482 e. The summed E-state index contributed by atoms with van der Waals surface area (Å²) in [5.41, 5.74) is 0.753. The molecule has 2 rings (SSSR count). The van der Waals surface area contributed by atoms with Crippen molar-refractivity contribution < 1.29 is 9.53 Å². The summed E-state index contributed by atoms with van der Waals surface area (Å²) in [7, 11) is 0. The molecule has 1 amide bonds. The van der Waals surface area contributed by atoms with Crippen molar-refractivity contribution in [1.82, 2.24) is 0 Å². The zero-order valence-corrected chi connectivity index (χ0v) is 7.83. The number of nitrogens with one attached hydrogen (secondary N) is 1. The lowest BCUT2D eigenvalue weighted by Gasteiger charge is -2.16. The van der Waals surface area contributed by atoms with Gasteiger partial charge in [0, 0.05) is 0 Å². The molecule has 0 unspecified atom stereocenters. The van der Waals surface area contributed by atoms with Crippen LogP contribution in [0.4, 0.5) is 5.69 Å². The van der Waals surface area contributed by atoms with Gasteiger partial charge in [-0.15, -0.1) is 0 Å². The van der Waals surface area contributed by atoms with Gasteiger partial charge in [0.25, 0.3) is 5.91 Å². The molecule has 1 N–H and O–H groups in total. The molecule has 13 heavy (non-hydrogen) atoms. The average Bonchev–Trinajstić information content (AvgIpc) is 2.21. The molecular formula is C10H13NO2. The van der Waals surface area contributed by atoms with Crippen molar-refractivity contribution in [2.24, 2.45) is 0 Å². The standard InChI is InChI=1S/C8H7NO2.C2H6/c10-8-5-11-7-4-2-1-3-6(7)9-8;1-2/h1-4H,5H2,(H,9,10);1-2H3. The molecule has 0 saturated heterocycles. The molecule has 70 valence electrons. The summed E-state index contributed by atoms with van der Waals surface area (Å²) in [6, 6.07) is 7.37. The Morgan fingerprint density at radius 2 is 2.00 bits per heavy atom. The van der Waals surface area contributed by atoms with Crippen molar-refractivity contribution in [2.45, 2.75) is 13.8 Å².